The largest absolute Gasteiger partial charge is 0.249 e. The lowest BCUT2D eigenvalue weighted by atomic mass is 9.84. The van der Waals surface area contributed by atoms with Crippen molar-refractivity contribution in [3.05, 3.63) is 120 Å². The summed E-state index contributed by atoms with van der Waals surface area (Å²) in [6, 6.07) is 32.8. The molecule has 3 heteroatoms. The predicted molar refractivity (Wildman–Crippen MR) is 150 cm³/mol. The van der Waals surface area contributed by atoms with Crippen molar-refractivity contribution in [3.8, 4) is 0 Å². The maximum absolute atomic E-state index is 5.24. The molecule has 35 heavy (non-hydrogen) atoms. The van der Waals surface area contributed by atoms with E-state index >= 15 is 0 Å². The molecule has 162 valence electrons. The number of rotatable bonds is 1. The monoisotopic (exact) mass is 462 g/mol. The quantitative estimate of drug-likeness (QED) is 0.224. The number of para-hydroxylation sites is 1. The maximum Gasteiger partial charge on any atom is 0.0975 e. The SMILES string of the molecule is C1=CC(c2ccc3pc4ccccc4cc3c2)C2=Nc3c(ccc4cc5ccccc5nc34)C2=C1. The second kappa shape index (κ2) is 7.18. The van der Waals surface area contributed by atoms with Crippen molar-refractivity contribution in [2.24, 2.45) is 4.99 Å². The standard InChI is InChI=1S/C32H19N2P/c1-3-10-27-20(6-1)17-22-12-14-26-25-9-5-8-24(31(25)34-32(26)30(22)33-27)19-13-15-29-23(16-19)18-21-7-2-4-11-28(21)35-29/h1-18,24H. The number of benzene rings is 4. The average molecular weight is 462 g/mol. The molecule has 2 aromatic heterocycles. The summed E-state index contributed by atoms with van der Waals surface area (Å²) in [5, 5.41) is 7.65. The summed E-state index contributed by atoms with van der Waals surface area (Å²) in [6.45, 7) is 0. The molecule has 0 radical (unpaired) electrons. The Morgan fingerprint density at radius 3 is 2.49 bits per heavy atom. The summed E-state index contributed by atoms with van der Waals surface area (Å²) < 4.78 is 0. The van der Waals surface area contributed by atoms with Gasteiger partial charge in [-0.1, -0.05) is 81.0 Å². The highest BCUT2D eigenvalue weighted by molar-refractivity contribution is 7.43. The fraction of sp³-hybridized carbons (Fsp3) is 0.0312. The molecule has 0 spiro atoms. The Hall–Kier alpha value is -4.13. The summed E-state index contributed by atoms with van der Waals surface area (Å²) in [5.74, 6) is 0.130. The normalized spacial score (nSPS) is 16.7. The van der Waals surface area contributed by atoms with E-state index in [1.807, 2.05) is 6.07 Å². The summed E-state index contributed by atoms with van der Waals surface area (Å²) >= 11 is 0. The van der Waals surface area contributed by atoms with Crippen LogP contribution in [0.5, 0.6) is 0 Å². The molecule has 0 saturated heterocycles. The van der Waals surface area contributed by atoms with Crippen LogP contribution in [-0.2, 0) is 0 Å². The first-order valence-corrected chi connectivity index (χ1v) is 12.8. The summed E-state index contributed by atoms with van der Waals surface area (Å²) in [7, 11) is 1.28. The molecule has 0 fully saturated rings. The lowest BCUT2D eigenvalue weighted by Gasteiger charge is -2.19. The number of aromatic nitrogens is 1. The fourth-order valence-corrected chi connectivity index (χ4v) is 6.60. The van der Waals surface area contributed by atoms with E-state index in [0.29, 0.717) is 0 Å². The van der Waals surface area contributed by atoms with Gasteiger partial charge in [0.1, 0.15) is 0 Å². The number of hydrogen-bond acceptors (Lipinski definition) is 2. The van der Waals surface area contributed by atoms with Crippen LogP contribution in [0.2, 0.25) is 0 Å². The molecule has 0 amide bonds. The Bertz CT molecular complexity index is 1960. The molecule has 3 heterocycles. The second-order valence-corrected chi connectivity index (χ2v) is 10.5. The summed E-state index contributed by atoms with van der Waals surface area (Å²) in [6.07, 6.45) is 6.66. The molecule has 2 nitrogen and oxygen atoms in total. The Kier molecular flexibility index (Phi) is 3.94. The van der Waals surface area contributed by atoms with Crippen LogP contribution in [0.1, 0.15) is 17.0 Å². The third-order valence-electron chi connectivity index (χ3n) is 7.22. The van der Waals surface area contributed by atoms with Gasteiger partial charge < -0.3 is 0 Å². The first kappa shape index (κ1) is 19.2. The Morgan fingerprint density at radius 2 is 1.51 bits per heavy atom. The number of aliphatic imine (C=N–C) groups is 1. The maximum atomic E-state index is 5.24. The van der Waals surface area contributed by atoms with Crippen LogP contribution >= 0.6 is 8.19 Å². The second-order valence-electron chi connectivity index (χ2n) is 9.29. The zero-order valence-electron chi connectivity index (χ0n) is 18.8. The first-order chi connectivity index (χ1) is 17.3. The highest BCUT2D eigenvalue weighted by Crippen LogP contribution is 2.46. The number of nitrogens with zero attached hydrogens (tertiary/aromatic N) is 2. The Morgan fingerprint density at radius 1 is 0.686 bits per heavy atom. The van der Waals surface area contributed by atoms with E-state index in [9.17, 15) is 0 Å². The van der Waals surface area contributed by atoms with Crippen LogP contribution in [0.15, 0.2) is 114 Å². The number of pyridine rings is 1. The third-order valence-corrected chi connectivity index (χ3v) is 8.52. The van der Waals surface area contributed by atoms with Gasteiger partial charge in [0, 0.05) is 38.1 Å². The molecule has 1 aliphatic heterocycles. The van der Waals surface area contributed by atoms with Crippen LogP contribution in [-0.4, -0.2) is 10.7 Å². The van der Waals surface area contributed by atoms with Crippen molar-refractivity contribution in [2.45, 2.75) is 5.92 Å². The zero-order valence-corrected chi connectivity index (χ0v) is 19.7. The van der Waals surface area contributed by atoms with Gasteiger partial charge in [-0.2, -0.15) is 0 Å². The van der Waals surface area contributed by atoms with E-state index in [1.165, 1.54) is 45.9 Å². The van der Waals surface area contributed by atoms with E-state index in [4.69, 9.17) is 9.98 Å². The molecule has 2 aliphatic rings. The van der Waals surface area contributed by atoms with Crippen LogP contribution in [0.3, 0.4) is 0 Å². The molecule has 0 bridgehead atoms. The molecular formula is C32H19N2P. The van der Waals surface area contributed by atoms with E-state index in [0.717, 1.165) is 33.2 Å². The van der Waals surface area contributed by atoms with E-state index in [1.54, 1.807) is 0 Å². The predicted octanol–water partition coefficient (Wildman–Crippen LogP) is 9.10. The van der Waals surface area contributed by atoms with Gasteiger partial charge in [-0.25, -0.2) is 9.98 Å². The van der Waals surface area contributed by atoms with Crippen molar-refractivity contribution < 1.29 is 0 Å². The first-order valence-electron chi connectivity index (χ1n) is 11.9. The molecule has 1 unspecified atom stereocenters. The van der Waals surface area contributed by atoms with Crippen molar-refractivity contribution in [1.82, 2.24) is 4.98 Å². The molecule has 6 aromatic rings. The smallest absolute Gasteiger partial charge is 0.0975 e. The van der Waals surface area contributed by atoms with E-state index in [2.05, 4.69) is 103 Å². The van der Waals surface area contributed by atoms with E-state index in [-0.39, 0.29) is 5.92 Å². The van der Waals surface area contributed by atoms with Crippen molar-refractivity contribution in [2.75, 3.05) is 0 Å². The van der Waals surface area contributed by atoms with Crippen molar-refractivity contribution in [1.29, 1.82) is 0 Å². The number of fused-ring (bicyclic) bond motifs is 8. The highest BCUT2D eigenvalue weighted by atomic mass is 31.0. The topological polar surface area (TPSA) is 25.2 Å². The summed E-state index contributed by atoms with van der Waals surface area (Å²) in [4.78, 5) is 10.3. The van der Waals surface area contributed by atoms with Crippen molar-refractivity contribution >= 4 is 68.0 Å². The van der Waals surface area contributed by atoms with Gasteiger partial charge in [0.15, 0.2) is 0 Å². The van der Waals surface area contributed by atoms with Crippen molar-refractivity contribution in [3.63, 3.8) is 0 Å². The van der Waals surface area contributed by atoms with Crippen LogP contribution in [0.25, 0.3) is 48.4 Å². The van der Waals surface area contributed by atoms with E-state index < -0.39 is 0 Å². The van der Waals surface area contributed by atoms with Gasteiger partial charge in [0.05, 0.1) is 22.4 Å². The summed E-state index contributed by atoms with van der Waals surface area (Å²) in [5.41, 5.74) is 7.80. The average Bonchev–Trinajstić information content (AvgIpc) is 3.30. The van der Waals surface area contributed by atoms with Crippen LogP contribution < -0.4 is 0 Å². The minimum Gasteiger partial charge on any atom is -0.249 e. The minimum atomic E-state index is 0.130. The highest BCUT2D eigenvalue weighted by Gasteiger charge is 2.30. The lowest BCUT2D eigenvalue weighted by Crippen LogP contribution is -2.12. The molecule has 0 saturated carbocycles. The molecule has 1 aliphatic carbocycles. The van der Waals surface area contributed by atoms with Gasteiger partial charge in [-0.15, -0.1) is 0 Å². The Balaban J connectivity index is 1.29. The van der Waals surface area contributed by atoms with Gasteiger partial charge >= 0.3 is 0 Å². The fourth-order valence-electron chi connectivity index (χ4n) is 5.51. The number of allylic oxidation sites excluding steroid dienone is 4. The molecule has 1 atom stereocenters. The van der Waals surface area contributed by atoms with Gasteiger partial charge in [-0.3, -0.25) is 0 Å². The third kappa shape index (κ3) is 2.87. The van der Waals surface area contributed by atoms with Crippen LogP contribution in [0.4, 0.5) is 5.69 Å². The lowest BCUT2D eigenvalue weighted by molar-refractivity contribution is 1.15. The Labute approximate surface area is 204 Å². The number of hydrogen-bond donors (Lipinski definition) is 0. The van der Waals surface area contributed by atoms with Gasteiger partial charge in [0.25, 0.3) is 0 Å². The van der Waals surface area contributed by atoms with Crippen LogP contribution in [0, 0.1) is 0 Å². The molecular weight excluding hydrogens is 443 g/mol. The zero-order chi connectivity index (χ0) is 22.9. The van der Waals surface area contributed by atoms with Gasteiger partial charge in [-0.05, 0) is 52.7 Å². The minimum absolute atomic E-state index is 0.130. The van der Waals surface area contributed by atoms with Gasteiger partial charge in [0.2, 0.25) is 0 Å². The molecule has 4 aromatic carbocycles. The molecule has 8 rings (SSSR count). The molecule has 0 N–H and O–H groups in total.